The zero-order valence-corrected chi connectivity index (χ0v) is 16.4. The third kappa shape index (κ3) is 5.41. The SMILES string of the molecule is C=c1oc(NC2CCC(CNS(=O)(=O)C(C)(C)C)CC2)nc1=CC=CF. The highest BCUT2D eigenvalue weighted by molar-refractivity contribution is 7.90. The lowest BCUT2D eigenvalue weighted by molar-refractivity contribution is 0.332. The van der Waals surface area contributed by atoms with Crippen LogP contribution in [-0.4, -0.2) is 30.7 Å². The molecule has 0 bridgehead atoms. The van der Waals surface area contributed by atoms with Crippen molar-refractivity contribution in [3.05, 3.63) is 23.2 Å². The predicted molar refractivity (Wildman–Crippen MR) is 102 cm³/mol. The second kappa shape index (κ2) is 8.35. The number of hydrogen-bond acceptors (Lipinski definition) is 5. The van der Waals surface area contributed by atoms with Gasteiger partial charge in [-0.15, -0.1) is 0 Å². The van der Waals surface area contributed by atoms with Gasteiger partial charge in [0.2, 0.25) is 10.0 Å². The number of aromatic nitrogens is 1. The molecule has 146 valence electrons. The van der Waals surface area contributed by atoms with Gasteiger partial charge < -0.3 is 9.73 Å². The van der Waals surface area contributed by atoms with E-state index < -0.39 is 14.8 Å². The van der Waals surface area contributed by atoms with E-state index in [-0.39, 0.29) is 6.04 Å². The lowest BCUT2D eigenvalue weighted by Gasteiger charge is -2.29. The Bertz CT molecular complexity index is 832. The average Bonchev–Trinajstić information content (AvgIpc) is 2.90. The quantitative estimate of drug-likeness (QED) is 0.783. The molecule has 1 saturated carbocycles. The minimum atomic E-state index is -3.30. The molecule has 0 spiro atoms. The van der Waals surface area contributed by atoms with E-state index in [9.17, 15) is 12.8 Å². The molecule has 2 N–H and O–H groups in total. The molecule has 1 aliphatic rings. The molecule has 8 heteroatoms. The molecule has 1 heterocycles. The molecule has 1 aromatic rings. The fourth-order valence-electron chi connectivity index (χ4n) is 2.81. The van der Waals surface area contributed by atoms with Crippen molar-refractivity contribution in [2.45, 2.75) is 57.2 Å². The van der Waals surface area contributed by atoms with Gasteiger partial charge in [-0.1, -0.05) is 6.58 Å². The Hall–Kier alpha value is -1.67. The summed E-state index contributed by atoms with van der Waals surface area (Å²) in [5.74, 6) is 0.330. The van der Waals surface area contributed by atoms with Crippen LogP contribution in [-0.2, 0) is 10.0 Å². The molecule has 0 atom stereocenters. The summed E-state index contributed by atoms with van der Waals surface area (Å²) < 4.78 is 43.7. The molecule has 0 unspecified atom stereocenters. The Morgan fingerprint density at radius 1 is 1.31 bits per heavy atom. The van der Waals surface area contributed by atoms with Gasteiger partial charge in [0.1, 0.15) is 10.8 Å². The highest BCUT2D eigenvalue weighted by atomic mass is 32.2. The van der Waals surface area contributed by atoms with Crippen LogP contribution in [0.2, 0.25) is 0 Å². The van der Waals surface area contributed by atoms with E-state index in [1.165, 1.54) is 12.2 Å². The van der Waals surface area contributed by atoms with Crippen LogP contribution in [0.1, 0.15) is 46.5 Å². The van der Waals surface area contributed by atoms with Crippen LogP contribution in [0, 0.1) is 5.92 Å². The molecule has 0 aromatic carbocycles. The summed E-state index contributed by atoms with van der Waals surface area (Å²) >= 11 is 0. The van der Waals surface area contributed by atoms with Crippen LogP contribution in [0.5, 0.6) is 0 Å². The Kier molecular flexibility index (Phi) is 6.63. The van der Waals surface area contributed by atoms with Crippen LogP contribution in [0.3, 0.4) is 0 Å². The molecule has 2 rings (SSSR count). The molecular weight excluding hydrogens is 357 g/mol. The minimum absolute atomic E-state index is 0.216. The molecule has 26 heavy (non-hydrogen) atoms. The van der Waals surface area contributed by atoms with Gasteiger partial charge in [0.05, 0.1) is 11.1 Å². The van der Waals surface area contributed by atoms with Gasteiger partial charge in [-0.3, -0.25) is 0 Å². The first-order valence-electron chi connectivity index (χ1n) is 8.81. The molecule has 0 radical (unpaired) electrons. The van der Waals surface area contributed by atoms with Gasteiger partial charge in [-0.05, 0) is 64.5 Å². The van der Waals surface area contributed by atoms with Crippen LogP contribution >= 0.6 is 0 Å². The highest BCUT2D eigenvalue weighted by Gasteiger charge is 2.30. The lowest BCUT2D eigenvalue weighted by atomic mass is 9.86. The fourth-order valence-corrected chi connectivity index (χ4v) is 3.70. The number of oxazole rings is 1. The largest absolute Gasteiger partial charge is 0.424 e. The normalized spacial score (nSPS) is 22.8. The van der Waals surface area contributed by atoms with Crippen LogP contribution in [0.15, 0.2) is 16.8 Å². The summed E-state index contributed by atoms with van der Waals surface area (Å²) in [5, 5.41) is 3.73. The van der Waals surface area contributed by atoms with Gasteiger partial charge in [-0.25, -0.2) is 17.5 Å². The molecular formula is C18H28FN3O3S. The van der Waals surface area contributed by atoms with Crippen molar-refractivity contribution in [2.75, 3.05) is 11.9 Å². The second-order valence-electron chi connectivity index (χ2n) is 7.64. The van der Waals surface area contributed by atoms with E-state index in [4.69, 9.17) is 4.42 Å². The third-order valence-electron chi connectivity index (χ3n) is 4.60. The number of halogens is 1. The topological polar surface area (TPSA) is 84.2 Å². The van der Waals surface area contributed by atoms with Crippen LogP contribution in [0.4, 0.5) is 10.4 Å². The zero-order chi connectivity index (χ0) is 19.4. The first kappa shape index (κ1) is 20.6. The van der Waals surface area contributed by atoms with E-state index in [1.807, 2.05) is 0 Å². The minimum Gasteiger partial charge on any atom is -0.424 e. The molecule has 1 aromatic heterocycles. The monoisotopic (exact) mass is 385 g/mol. The van der Waals surface area contributed by atoms with Crippen molar-refractivity contribution in [3.63, 3.8) is 0 Å². The van der Waals surface area contributed by atoms with Crippen molar-refractivity contribution >= 4 is 28.7 Å². The molecule has 1 fully saturated rings. The summed E-state index contributed by atoms with van der Waals surface area (Å²) in [6, 6.07) is 0.596. The van der Waals surface area contributed by atoms with E-state index >= 15 is 0 Å². The first-order valence-corrected chi connectivity index (χ1v) is 10.3. The van der Waals surface area contributed by atoms with Crippen LogP contribution in [0.25, 0.3) is 12.7 Å². The first-order chi connectivity index (χ1) is 12.1. The summed E-state index contributed by atoms with van der Waals surface area (Å²) in [5.41, 5.74) is 0.385. The number of allylic oxidation sites excluding steroid dienone is 1. The molecule has 6 nitrogen and oxygen atoms in total. The molecule has 0 aliphatic heterocycles. The van der Waals surface area contributed by atoms with Gasteiger partial charge in [-0.2, -0.15) is 4.98 Å². The van der Waals surface area contributed by atoms with Crippen molar-refractivity contribution in [1.82, 2.24) is 9.71 Å². The maximum absolute atomic E-state index is 12.1. The number of hydrogen-bond donors (Lipinski definition) is 2. The second-order valence-corrected chi connectivity index (χ2v) is 10.2. The van der Waals surface area contributed by atoms with Crippen molar-refractivity contribution in [2.24, 2.45) is 5.92 Å². The summed E-state index contributed by atoms with van der Waals surface area (Å²) in [6.07, 6.45) is 6.81. The Morgan fingerprint density at radius 2 is 1.96 bits per heavy atom. The van der Waals surface area contributed by atoms with E-state index in [1.54, 1.807) is 20.8 Å². The number of nitrogens with one attached hydrogen (secondary N) is 2. The Balaban J connectivity index is 1.85. The number of nitrogens with zero attached hydrogens (tertiary/aromatic N) is 1. The van der Waals surface area contributed by atoms with Gasteiger partial charge in [0.25, 0.3) is 6.01 Å². The van der Waals surface area contributed by atoms with Gasteiger partial charge in [0.15, 0.2) is 0 Å². The standard InChI is InChI=1S/C18H28FN3O3S/c1-13-16(6-5-11-19)22-17(25-13)21-15-9-7-14(8-10-15)12-20-26(23,24)18(2,3)4/h5-6,11,14-15,20H,1,7-10,12H2,2-4H3,(H,21,22). The Labute approximate surface area is 154 Å². The molecule has 1 aliphatic carbocycles. The van der Waals surface area contributed by atoms with Crippen molar-refractivity contribution in [3.8, 4) is 0 Å². The van der Waals surface area contributed by atoms with E-state index in [0.717, 1.165) is 25.7 Å². The van der Waals surface area contributed by atoms with Crippen LogP contribution < -0.4 is 20.8 Å². The highest BCUT2D eigenvalue weighted by Crippen LogP contribution is 2.26. The Morgan fingerprint density at radius 3 is 2.54 bits per heavy atom. The average molecular weight is 386 g/mol. The van der Waals surface area contributed by atoms with E-state index in [0.29, 0.717) is 35.6 Å². The molecule has 0 amide bonds. The maximum Gasteiger partial charge on any atom is 0.295 e. The molecule has 0 saturated heterocycles. The lowest BCUT2D eigenvalue weighted by Crippen LogP contribution is -2.42. The number of anilines is 1. The summed E-state index contributed by atoms with van der Waals surface area (Å²) in [7, 11) is -3.30. The third-order valence-corrected chi connectivity index (χ3v) is 6.76. The predicted octanol–water partition coefficient (Wildman–Crippen LogP) is 2.04. The van der Waals surface area contributed by atoms with Gasteiger partial charge >= 0.3 is 0 Å². The van der Waals surface area contributed by atoms with Gasteiger partial charge in [0, 0.05) is 12.6 Å². The number of rotatable bonds is 6. The zero-order valence-electron chi connectivity index (χ0n) is 15.6. The number of sulfonamides is 1. The van der Waals surface area contributed by atoms with Crippen molar-refractivity contribution in [1.29, 1.82) is 0 Å². The van der Waals surface area contributed by atoms with E-state index in [2.05, 4.69) is 21.6 Å². The fraction of sp³-hybridized carbons (Fsp3) is 0.611. The maximum atomic E-state index is 12.1. The van der Waals surface area contributed by atoms with Crippen molar-refractivity contribution < 1.29 is 17.2 Å². The summed E-state index contributed by atoms with van der Waals surface area (Å²) in [6.45, 7) is 9.30. The smallest absolute Gasteiger partial charge is 0.295 e. The summed E-state index contributed by atoms with van der Waals surface area (Å²) in [4.78, 5) is 4.25.